The summed E-state index contributed by atoms with van der Waals surface area (Å²) in [5.74, 6) is 0.194. The van der Waals surface area contributed by atoms with Gasteiger partial charge >= 0.3 is 0 Å². The molecular weight excluding hydrogens is 306 g/mol. The SMILES string of the molecule is Cc1nc(N)ncc1C(=O)N[C@H](Cc1ccncc1)C1CC(O)C1. The number of amides is 1. The third kappa shape index (κ3) is 3.68. The van der Waals surface area contributed by atoms with Crippen LogP contribution in [0.4, 0.5) is 5.95 Å². The number of carbonyl (C=O) groups excluding carboxylic acids is 1. The summed E-state index contributed by atoms with van der Waals surface area (Å²) in [7, 11) is 0. The van der Waals surface area contributed by atoms with Crippen molar-refractivity contribution in [2.75, 3.05) is 5.73 Å². The number of anilines is 1. The number of carbonyl (C=O) groups is 1. The summed E-state index contributed by atoms with van der Waals surface area (Å²) in [5, 5.41) is 12.7. The Morgan fingerprint density at radius 2 is 2.12 bits per heavy atom. The molecule has 1 fully saturated rings. The van der Waals surface area contributed by atoms with E-state index in [0.29, 0.717) is 30.5 Å². The van der Waals surface area contributed by atoms with Crippen LogP contribution in [0.15, 0.2) is 30.7 Å². The van der Waals surface area contributed by atoms with Gasteiger partial charge < -0.3 is 16.2 Å². The van der Waals surface area contributed by atoms with Crippen LogP contribution in [0.2, 0.25) is 0 Å². The van der Waals surface area contributed by atoms with Crippen molar-refractivity contribution < 1.29 is 9.90 Å². The van der Waals surface area contributed by atoms with Gasteiger partial charge in [0.05, 0.1) is 17.4 Å². The lowest BCUT2D eigenvalue weighted by Gasteiger charge is -2.38. The number of nitrogens with one attached hydrogen (secondary N) is 1. The molecule has 1 atom stereocenters. The number of hydrogen-bond donors (Lipinski definition) is 3. The van der Waals surface area contributed by atoms with Crippen LogP contribution in [0.1, 0.15) is 34.5 Å². The average molecular weight is 327 g/mol. The van der Waals surface area contributed by atoms with Crippen molar-refractivity contribution in [3.05, 3.63) is 47.5 Å². The standard InChI is InChI=1S/C17H21N5O2/c1-10-14(9-20-17(18)21-10)16(24)22-15(12-7-13(23)8-12)6-11-2-4-19-5-3-11/h2-5,9,12-13,15,23H,6-8H2,1H3,(H,22,24)(H2,18,20,21)/t12?,13?,15-/m1/s1. The van der Waals surface area contributed by atoms with Crippen molar-refractivity contribution in [3.8, 4) is 0 Å². The van der Waals surface area contributed by atoms with E-state index in [9.17, 15) is 9.90 Å². The quantitative estimate of drug-likeness (QED) is 0.751. The van der Waals surface area contributed by atoms with E-state index in [1.165, 1.54) is 6.20 Å². The molecule has 1 aliphatic rings. The summed E-state index contributed by atoms with van der Waals surface area (Å²) in [6.45, 7) is 1.73. The summed E-state index contributed by atoms with van der Waals surface area (Å²) in [4.78, 5) is 24.5. The minimum absolute atomic E-state index is 0.0553. The number of hydrogen-bond acceptors (Lipinski definition) is 6. The highest BCUT2D eigenvalue weighted by Crippen LogP contribution is 2.32. The predicted octanol–water partition coefficient (Wildman–Crippen LogP) is 0.874. The van der Waals surface area contributed by atoms with Gasteiger partial charge in [0.25, 0.3) is 5.91 Å². The maximum absolute atomic E-state index is 12.6. The number of rotatable bonds is 5. The lowest BCUT2D eigenvalue weighted by atomic mass is 9.75. The van der Waals surface area contributed by atoms with Crippen molar-refractivity contribution in [1.29, 1.82) is 0 Å². The Hall–Kier alpha value is -2.54. The number of aliphatic hydroxyl groups excluding tert-OH is 1. The van der Waals surface area contributed by atoms with Gasteiger partial charge in [-0.05, 0) is 49.8 Å². The van der Waals surface area contributed by atoms with Crippen LogP contribution >= 0.6 is 0 Å². The normalized spacial score (nSPS) is 20.9. The molecule has 2 aromatic heterocycles. The fourth-order valence-electron chi connectivity index (χ4n) is 3.02. The zero-order valence-electron chi connectivity index (χ0n) is 13.5. The van der Waals surface area contributed by atoms with Crippen LogP contribution in [-0.4, -0.2) is 38.1 Å². The van der Waals surface area contributed by atoms with Gasteiger partial charge in [-0.1, -0.05) is 0 Å². The zero-order chi connectivity index (χ0) is 17.1. The molecule has 0 bridgehead atoms. The summed E-state index contributed by atoms with van der Waals surface area (Å²) in [6, 6.07) is 3.82. The summed E-state index contributed by atoms with van der Waals surface area (Å²) in [6.07, 6.45) is 6.75. The second-order valence-corrected chi connectivity index (χ2v) is 6.25. The predicted molar refractivity (Wildman–Crippen MR) is 89.1 cm³/mol. The second-order valence-electron chi connectivity index (χ2n) is 6.25. The lowest BCUT2D eigenvalue weighted by Crippen LogP contribution is -2.48. The monoisotopic (exact) mass is 327 g/mol. The van der Waals surface area contributed by atoms with Gasteiger partial charge in [0.1, 0.15) is 0 Å². The van der Waals surface area contributed by atoms with E-state index in [-0.39, 0.29) is 29.9 Å². The molecule has 7 heteroatoms. The number of nitrogens with two attached hydrogens (primary N) is 1. The van der Waals surface area contributed by atoms with Gasteiger partial charge in [0.2, 0.25) is 5.95 Å². The molecule has 3 rings (SSSR count). The maximum atomic E-state index is 12.6. The Labute approximate surface area is 140 Å². The first-order chi connectivity index (χ1) is 11.5. The largest absolute Gasteiger partial charge is 0.393 e. The number of aliphatic hydroxyl groups is 1. The van der Waals surface area contributed by atoms with Gasteiger partial charge in [0, 0.05) is 24.6 Å². The summed E-state index contributed by atoms with van der Waals surface area (Å²) in [5.41, 5.74) is 7.61. The van der Waals surface area contributed by atoms with Crippen LogP contribution in [0.5, 0.6) is 0 Å². The Morgan fingerprint density at radius 3 is 2.75 bits per heavy atom. The van der Waals surface area contributed by atoms with Gasteiger partial charge in [-0.2, -0.15) is 0 Å². The van der Waals surface area contributed by atoms with Crippen molar-refractivity contribution >= 4 is 11.9 Å². The fourth-order valence-corrected chi connectivity index (χ4v) is 3.02. The third-order valence-electron chi connectivity index (χ3n) is 4.48. The van der Waals surface area contributed by atoms with Gasteiger partial charge in [-0.3, -0.25) is 9.78 Å². The topological polar surface area (TPSA) is 114 Å². The first-order valence-electron chi connectivity index (χ1n) is 8.00. The van der Waals surface area contributed by atoms with Crippen molar-refractivity contribution in [3.63, 3.8) is 0 Å². The highest BCUT2D eigenvalue weighted by molar-refractivity contribution is 5.95. The first kappa shape index (κ1) is 16.3. The van der Waals surface area contributed by atoms with Crippen LogP contribution in [-0.2, 0) is 6.42 Å². The van der Waals surface area contributed by atoms with E-state index in [2.05, 4.69) is 20.3 Å². The van der Waals surface area contributed by atoms with E-state index in [4.69, 9.17) is 5.73 Å². The zero-order valence-corrected chi connectivity index (χ0v) is 13.5. The molecular formula is C17H21N5O2. The van der Waals surface area contributed by atoms with E-state index >= 15 is 0 Å². The first-order valence-corrected chi connectivity index (χ1v) is 8.00. The van der Waals surface area contributed by atoms with Crippen LogP contribution in [0.3, 0.4) is 0 Å². The molecule has 0 unspecified atom stereocenters. The minimum Gasteiger partial charge on any atom is -0.393 e. The van der Waals surface area contributed by atoms with Crippen LogP contribution < -0.4 is 11.1 Å². The van der Waals surface area contributed by atoms with E-state index in [1.54, 1.807) is 19.3 Å². The summed E-state index contributed by atoms with van der Waals surface area (Å²) < 4.78 is 0. The number of nitrogen functional groups attached to an aromatic ring is 1. The molecule has 24 heavy (non-hydrogen) atoms. The minimum atomic E-state index is -0.270. The highest BCUT2D eigenvalue weighted by Gasteiger charge is 2.35. The van der Waals surface area contributed by atoms with Gasteiger partial charge in [-0.15, -0.1) is 0 Å². The molecule has 2 aromatic rings. The van der Waals surface area contributed by atoms with E-state index < -0.39 is 0 Å². The molecule has 1 saturated carbocycles. The van der Waals surface area contributed by atoms with Gasteiger partial charge in [-0.25, -0.2) is 9.97 Å². The molecule has 2 heterocycles. The molecule has 0 aromatic carbocycles. The average Bonchev–Trinajstić information content (AvgIpc) is 2.52. The van der Waals surface area contributed by atoms with Crippen molar-refractivity contribution in [1.82, 2.24) is 20.3 Å². The van der Waals surface area contributed by atoms with Gasteiger partial charge in [0.15, 0.2) is 0 Å². The van der Waals surface area contributed by atoms with Crippen molar-refractivity contribution in [2.45, 2.75) is 38.3 Å². The number of nitrogens with zero attached hydrogens (tertiary/aromatic N) is 3. The smallest absolute Gasteiger partial charge is 0.254 e. The van der Waals surface area contributed by atoms with E-state index in [0.717, 1.165) is 5.56 Å². The second kappa shape index (κ2) is 6.92. The fraction of sp³-hybridized carbons (Fsp3) is 0.412. The summed E-state index contributed by atoms with van der Waals surface area (Å²) >= 11 is 0. The number of pyridine rings is 1. The maximum Gasteiger partial charge on any atom is 0.254 e. The van der Waals surface area contributed by atoms with Crippen LogP contribution in [0, 0.1) is 12.8 Å². The van der Waals surface area contributed by atoms with Crippen molar-refractivity contribution in [2.24, 2.45) is 5.92 Å². The Bertz CT molecular complexity index is 716. The number of aromatic nitrogens is 3. The van der Waals surface area contributed by atoms with Crippen LogP contribution in [0.25, 0.3) is 0 Å². The Balaban J connectivity index is 1.74. The Morgan fingerprint density at radius 1 is 1.42 bits per heavy atom. The molecule has 0 aliphatic heterocycles. The molecule has 4 N–H and O–H groups in total. The lowest BCUT2D eigenvalue weighted by molar-refractivity contribution is 0.0239. The highest BCUT2D eigenvalue weighted by atomic mass is 16.3. The molecule has 7 nitrogen and oxygen atoms in total. The molecule has 126 valence electrons. The molecule has 0 radical (unpaired) electrons. The molecule has 0 spiro atoms. The molecule has 0 saturated heterocycles. The number of aryl methyl sites for hydroxylation is 1. The molecule has 1 amide bonds. The molecule has 1 aliphatic carbocycles. The van der Waals surface area contributed by atoms with E-state index in [1.807, 2.05) is 12.1 Å². The third-order valence-corrected chi connectivity index (χ3v) is 4.48. The Kier molecular flexibility index (Phi) is 4.71.